The van der Waals surface area contributed by atoms with Gasteiger partial charge in [-0.15, -0.1) is 0 Å². The minimum Gasteiger partial charge on any atom is -0.448 e. The Morgan fingerprint density at radius 2 is 1.63 bits per heavy atom. The number of cyclic esters (lactones) is 1. The lowest BCUT2D eigenvalue weighted by Crippen LogP contribution is -2.38. The summed E-state index contributed by atoms with van der Waals surface area (Å²) in [5.41, 5.74) is 2.06. The number of para-hydroxylation sites is 1. The van der Waals surface area contributed by atoms with Gasteiger partial charge in [-0.1, -0.05) is 60.3 Å². The normalized spacial score (nSPS) is 15.6. The van der Waals surface area contributed by atoms with Crippen molar-refractivity contribution in [3.8, 4) is 0 Å². The molecule has 1 aliphatic heterocycles. The van der Waals surface area contributed by atoms with Gasteiger partial charge in [0.15, 0.2) is 6.10 Å². The molecule has 0 radical (unpaired) electrons. The third-order valence-corrected chi connectivity index (χ3v) is 5.38. The summed E-state index contributed by atoms with van der Waals surface area (Å²) in [5.74, 6) is -0.775. The first kappa shape index (κ1) is 17.4. The molecule has 27 heavy (non-hydrogen) atoms. The molecule has 1 unspecified atom stereocenters. The number of carbonyl (C=O) groups excluding carboxylic acids is 2. The van der Waals surface area contributed by atoms with Crippen LogP contribution in [0.2, 0.25) is 0 Å². The quantitative estimate of drug-likeness (QED) is 0.680. The number of amides is 1. The average molecular weight is 375 g/mol. The van der Waals surface area contributed by atoms with Crippen LogP contribution in [-0.2, 0) is 16.0 Å². The Morgan fingerprint density at radius 3 is 2.48 bits per heavy atom. The lowest BCUT2D eigenvalue weighted by molar-refractivity contribution is -0.125. The summed E-state index contributed by atoms with van der Waals surface area (Å²) in [6.07, 6.45) is -0.455. The molecule has 0 spiro atoms. The van der Waals surface area contributed by atoms with Crippen molar-refractivity contribution >= 4 is 29.3 Å². The summed E-state index contributed by atoms with van der Waals surface area (Å²) in [4.78, 5) is 26.9. The smallest absolute Gasteiger partial charge is 0.339 e. The molecule has 5 heteroatoms. The number of hydrogen-bond acceptors (Lipinski definition) is 4. The zero-order chi connectivity index (χ0) is 18.6. The van der Waals surface area contributed by atoms with Crippen molar-refractivity contribution in [2.24, 2.45) is 0 Å². The van der Waals surface area contributed by atoms with Crippen molar-refractivity contribution in [1.29, 1.82) is 0 Å². The Kier molecular flexibility index (Phi) is 4.94. The third-order valence-electron chi connectivity index (χ3n) is 4.30. The molecule has 1 atom stereocenters. The van der Waals surface area contributed by atoms with Crippen LogP contribution < -0.4 is 5.32 Å². The van der Waals surface area contributed by atoms with Crippen LogP contribution in [-0.4, -0.2) is 18.0 Å². The predicted molar refractivity (Wildman–Crippen MR) is 105 cm³/mol. The molecule has 0 bridgehead atoms. The van der Waals surface area contributed by atoms with E-state index in [-0.39, 0.29) is 5.91 Å². The van der Waals surface area contributed by atoms with E-state index < -0.39 is 12.1 Å². The number of anilines is 1. The van der Waals surface area contributed by atoms with Crippen LogP contribution in [0.1, 0.15) is 15.9 Å². The van der Waals surface area contributed by atoms with Gasteiger partial charge in [-0.05, 0) is 35.9 Å². The minimum absolute atomic E-state index is 0.320. The standard InChI is InChI=1S/C22H17NO3S/c24-21(19-14-15-8-4-5-11-17(15)22(25)26-19)23-18-12-6-7-13-20(18)27-16-9-2-1-3-10-16/h1-13,19H,14H2,(H,23,24). The summed E-state index contributed by atoms with van der Waals surface area (Å²) in [5, 5.41) is 2.91. The van der Waals surface area contributed by atoms with E-state index >= 15 is 0 Å². The fraction of sp³-hybridized carbons (Fsp3) is 0.0909. The van der Waals surface area contributed by atoms with Gasteiger partial charge in [0, 0.05) is 16.2 Å². The summed E-state index contributed by atoms with van der Waals surface area (Å²) in [7, 11) is 0. The number of hydrogen-bond donors (Lipinski definition) is 1. The van der Waals surface area contributed by atoms with Gasteiger partial charge < -0.3 is 10.1 Å². The molecule has 4 nitrogen and oxygen atoms in total. The number of rotatable bonds is 4. The zero-order valence-electron chi connectivity index (χ0n) is 14.4. The number of ether oxygens (including phenoxy) is 1. The highest BCUT2D eigenvalue weighted by molar-refractivity contribution is 7.99. The molecule has 0 saturated carbocycles. The average Bonchev–Trinajstić information content (AvgIpc) is 2.70. The van der Waals surface area contributed by atoms with Gasteiger partial charge in [-0.2, -0.15) is 0 Å². The van der Waals surface area contributed by atoms with E-state index in [1.165, 1.54) is 0 Å². The molecular formula is C22H17NO3S. The Hall–Kier alpha value is -3.05. The predicted octanol–water partition coefficient (Wildman–Crippen LogP) is 4.56. The second-order valence-corrected chi connectivity index (χ2v) is 7.27. The van der Waals surface area contributed by atoms with Crippen LogP contribution >= 0.6 is 11.8 Å². The second-order valence-electron chi connectivity index (χ2n) is 6.16. The fourth-order valence-electron chi connectivity index (χ4n) is 2.97. The Bertz CT molecular complexity index is 988. The van der Waals surface area contributed by atoms with Crippen LogP contribution in [0.3, 0.4) is 0 Å². The first-order chi connectivity index (χ1) is 13.2. The molecular weight excluding hydrogens is 358 g/mol. The van der Waals surface area contributed by atoms with E-state index in [9.17, 15) is 9.59 Å². The maximum atomic E-state index is 12.7. The van der Waals surface area contributed by atoms with Crippen LogP contribution in [0.5, 0.6) is 0 Å². The summed E-state index contributed by atoms with van der Waals surface area (Å²) in [6.45, 7) is 0. The first-order valence-electron chi connectivity index (χ1n) is 8.62. The Labute approximate surface area is 161 Å². The number of carbonyl (C=O) groups is 2. The molecule has 0 aromatic heterocycles. The number of nitrogens with one attached hydrogen (secondary N) is 1. The summed E-state index contributed by atoms with van der Waals surface area (Å²) >= 11 is 1.57. The van der Waals surface area contributed by atoms with Crippen molar-refractivity contribution in [3.05, 3.63) is 90.0 Å². The highest BCUT2D eigenvalue weighted by Crippen LogP contribution is 2.33. The molecule has 4 rings (SSSR count). The van der Waals surface area contributed by atoms with Gasteiger partial charge in [0.05, 0.1) is 11.3 Å². The SMILES string of the molecule is O=C1OC(C(=O)Nc2ccccc2Sc2ccccc2)Cc2ccccc21. The van der Waals surface area contributed by atoms with Crippen molar-refractivity contribution in [2.75, 3.05) is 5.32 Å². The van der Waals surface area contributed by atoms with Gasteiger partial charge in [0.2, 0.25) is 0 Å². The van der Waals surface area contributed by atoms with Crippen LogP contribution in [0.4, 0.5) is 5.69 Å². The molecule has 134 valence electrons. The minimum atomic E-state index is -0.831. The lowest BCUT2D eigenvalue weighted by atomic mass is 9.98. The number of esters is 1. The molecule has 1 N–H and O–H groups in total. The zero-order valence-corrected chi connectivity index (χ0v) is 15.2. The van der Waals surface area contributed by atoms with E-state index in [1.54, 1.807) is 23.9 Å². The Balaban J connectivity index is 1.52. The molecule has 1 amide bonds. The number of benzene rings is 3. The van der Waals surface area contributed by atoms with E-state index in [2.05, 4.69) is 5.32 Å². The van der Waals surface area contributed by atoms with Crippen LogP contribution in [0.15, 0.2) is 88.7 Å². The molecule has 1 aliphatic rings. The molecule has 3 aromatic rings. The van der Waals surface area contributed by atoms with Crippen molar-refractivity contribution < 1.29 is 14.3 Å². The van der Waals surface area contributed by atoms with Crippen LogP contribution in [0.25, 0.3) is 0 Å². The maximum Gasteiger partial charge on any atom is 0.339 e. The molecule has 3 aromatic carbocycles. The number of fused-ring (bicyclic) bond motifs is 1. The largest absolute Gasteiger partial charge is 0.448 e. The van der Waals surface area contributed by atoms with Crippen molar-refractivity contribution in [2.45, 2.75) is 22.3 Å². The van der Waals surface area contributed by atoms with Crippen LogP contribution in [0, 0.1) is 0 Å². The fourth-order valence-corrected chi connectivity index (χ4v) is 3.89. The van der Waals surface area contributed by atoms with Crippen molar-refractivity contribution in [3.63, 3.8) is 0 Å². The summed E-state index contributed by atoms with van der Waals surface area (Å²) in [6, 6.07) is 24.8. The monoisotopic (exact) mass is 375 g/mol. The lowest BCUT2D eigenvalue weighted by Gasteiger charge is -2.24. The van der Waals surface area contributed by atoms with Gasteiger partial charge in [-0.3, -0.25) is 4.79 Å². The van der Waals surface area contributed by atoms with E-state index in [4.69, 9.17) is 4.74 Å². The highest BCUT2D eigenvalue weighted by atomic mass is 32.2. The van der Waals surface area contributed by atoms with Crippen molar-refractivity contribution in [1.82, 2.24) is 0 Å². The second kappa shape index (κ2) is 7.68. The molecule has 0 saturated heterocycles. The summed E-state index contributed by atoms with van der Waals surface area (Å²) < 4.78 is 5.35. The van der Waals surface area contributed by atoms with Gasteiger partial charge in [0.25, 0.3) is 5.91 Å². The topological polar surface area (TPSA) is 55.4 Å². The molecule has 0 fully saturated rings. The molecule has 1 heterocycles. The van der Waals surface area contributed by atoms with Gasteiger partial charge in [0.1, 0.15) is 0 Å². The van der Waals surface area contributed by atoms with E-state index in [0.717, 1.165) is 15.4 Å². The van der Waals surface area contributed by atoms with Gasteiger partial charge in [-0.25, -0.2) is 4.79 Å². The highest BCUT2D eigenvalue weighted by Gasteiger charge is 2.31. The van der Waals surface area contributed by atoms with E-state index in [0.29, 0.717) is 17.7 Å². The Morgan fingerprint density at radius 1 is 0.926 bits per heavy atom. The van der Waals surface area contributed by atoms with E-state index in [1.807, 2.05) is 66.7 Å². The maximum absolute atomic E-state index is 12.7. The molecule has 0 aliphatic carbocycles. The first-order valence-corrected chi connectivity index (χ1v) is 9.44. The third kappa shape index (κ3) is 3.88. The van der Waals surface area contributed by atoms with Gasteiger partial charge >= 0.3 is 5.97 Å².